The van der Waals surface area contributed by atoms with Crippen LogP contribution < -0.4 is 5.32 Å². The van der Waals surface area contributed by atoms with Crippen molar-refractivity contribution in [2.24, 2.45) is 0 Å². The minimum Gasteiger partial charge on any atom is -0.451 e. The van der Waals surface area contributed by atoms with E-state index in [9.17, 15) is 13.2 Å². The predicted molar refractivity (Wildman–Crippen MR) is 96.2 cm³/mol. The minimum absolute atomic E-state index is 0.144. The van der Waals surface area contributed by atoms with Crippen LogP contribution in [0.1, 0.15) is 16.1 Å². The number of amides is 1. The fourth-order valence-electron chi connectivity index (χ4n) is 2.40. The first-order valence-electron chi connectivity index (χ1n) is 7.06. The largest absolute Gasteiger partial charge is 0.451 e. The SMILES string of the molecule is Cc1c(C(=O)Nc2cccc(S(C)(=O)=O)c2)oc2ccc(Br)cc12. The molecule has 24 heavy (non-hydrogen) atoms. The van der Waals surface area contributed by atoms with Gasteiger partial charge in [-0.1, -0.05) is 22.0 Å². The van der Waals surface area contributed by atoms with Crippen LogP contribution in [0.3, 0.4) is 0 Å². The van der Waals surface area contributed by atoms with E-state index in [0.29, 0.717) is 11.3 Å². The van der Waals surface area contributed by atoms with Crippen molar-refractivity contribution in [1.82, 2.24) is 0 Å². The van der Waals surface area contributed by atoms with Crippen molar-refractivity contribution in [1.29, 1.82) is 0 Å². The third kappa shape index (κ3) is 3.22. The van der Waals surface area contributed by atoms with Gasteiger partial charge in [0, 0.05) is 27.4 Å². The Balaban J connectivity index is 1.95. The van der Waals surface area contributed by atoms with E-state index in [2.05, 4.69) is 21.2 Å². The van der Waals surface area contributed by atoms with Gasteiger partial charge in [0.25, 0.3) is 5.91 Å². The number of anilines is 1. The third-order valence-corrected chi connectivity index (χ3v) is 5.23. The molecule has 1 N–H and O–H groups in total. The van der Waals surface area contributed by atoms with E-state index in [1.165, 1.54) is 12.1 Å². The number of aryl methyl sites for hydroxylation is 1. The summed E-state index contributed by atoms with van der Waals surface area (Å²) in [5, 5.41) is 3.52. The smallest absolute Gasteiger partial charge is 0.291 e. The molecule has 0 saturated carbocycles. The third-order valence-electron chi connectivity index (χ3n) is 3.62. The highest BCUT2D eigenvalue weighted by Crippen LogP contribution is 2.28. The summed E-state index contributed by atoms with van der Waals surface area (Å²) in [5.41, 5.74) is 1.73. The average Bonchev–Trinajstić information content (AvgIpc) is 2.84. The molecule has 0 saturated heterocycles. The molecule has 3 aromatic rings. The fraction of sp³-hybridized carbons (Fsp3) is 0.118. The highest BCUT2D eigenvalue weighted by atomic mass is 79.9. The highest BCUT2D eigenvalue weighted by molar-refractivity contribution is 9.10. The van der Waals surface area contributed by atoms with Crippen molar-refractivity contribution in [2.75, 3.05) is 11.6 Å². The van der Waals surface area contributed by atoms with Gasteiger partial charge in [-0.15, -0.1) is 0 Å². The molecule has 0 atom stereocenters. The Morgan fingerprint density at radius 1 is 1.17 bits per heavy atom. The predicted octanol–water partition coefficient (Wildman–Crippen LogP) is 4.16. The molecule has 1 aromatic heterocycles. The summed E-state index contributed by atoms with van der Waals surface area (Å²) in [6.07, 6.45) is 1.12. The van der Waals surface area contributed by atoms with Crippen LogP contribution in [0.15, 0.2) is 56.2 Å². The van der Waals surface area contributed by atoms with E-state index in [4.69, 9.17) is 4.42 Å². The van der Waals surface area contributed by atoms with Crippen molar-refractivity contribution in [3.63, 3.8) is 0 Å². The number of halogens is 1. The summed E-state index contributed by atoms with van der Waals surface area (Å²) in [4.78, 5) is 12.6. The number of hydrogen-bond acceptors (Lipinski definition) is 4. The molecule has 3 rings (SSSR count). The summed E-state index contributed by atoms with van der Waals surface area (Å²) in [6, 6.07) is 11.6. The van der Waals surface area contributed by atoms with Gasteiger partial charge in [-0.2, -0.15) is 0 Å². The van der Waals surface area contributed by atoms with Gasteiger partial charge in [-0.05, 0) is 43.3 Å². The van der Waals surface area contributed by atoms with Crippen molar-refractivity contribution in [3.05, 3.63) is 58.3 Å². The van der Waals surface area contributed by atoms with Gasteiger partial charge in [0.2, 0.25) is 0 Å². The number of fused-ring (bicyclic) bond motifs is 1. The van der Waals surface area contributed by atoms with Crippen molar-refractivity contribution >= 4 is 48.3 Å². The van der Waals surface area contributed by atoms with Gasteiger partial charge in [-0.25, -0.2) is 8.42 Å². The fourth-order valence-corrected chi connectivity index (χ4v) is 3.43. The van der Waals surface area contributed by atoms with Crippen molar-refractivity contribution in [3.8, 4) is 0 Å². The molecular formula is C17H14BrNO4S. The monoisotopic (exact) mass is 407 g/mol. The number of benzene rings is 2. The molecule has 0 spiro atoms. The average molecular weight is 408 g/mol. The standard InChI is InChI=1S/C17H14BrNO4S/c1-10-14-8-11(18)6-7-15(14)23-16(10)17(20)19-12-4-3-5-13(9-12)24(2,21)22/h3-9H,1-2H3,(H,19,20). The number of furan rings is 1. The number of hydrogen-bond donors (Lipinski definition) is 1. The maximum absolute atomic E-state index is 12.5. The number of sulfone groups is 1. The van der Waals surface area contributed by atoms with Gasteiger partial charge >= 0.3 is 0 Å². The Hall–Kier alpha value is -2.12. The van der Waals surface area contributed by atoms with E-state index in [-0.39, 0.29) is 10.7 Å². The van der Waals surface area contributed by atoms with E-state index in [1.807, 2.05) is 12.1 Å². The lowest BCUT2D eigenvalue weighted by molar-refractivity contribution is 0.0998. The molecule has 0 aliphatic heterocycles. The molecule has 2 aromatic carbocycles. The first kappa shape index (κ1) is 16.7. The van der Waals surface area contributed by atoms with Crippen LogP contribution in [0.5, 0.6) is 0 Å². The zero-order valence-corrected chi connectivity index (χ0v) is 15.4. The van der Waals surface area contributed by atoms with Crippen LogP contribution >= 0.6 is 15.9 Å². The Kier molecular flexibility index (Phi) is 4.23. The van der Waals surface area contributed by atoms with Gasteiger partial charge in [0.15, 0.2) is 15.6 Å². The van der Waals surface area contributed by atoms with Crippen LogP contribution in [0, 0.1) is 6.92 Å². The van der Waals surface area contributed by atoms with E-state index in [0.717, 1.165) is 21.7 Å². The quantitative estimate of drug-likeness (QED) is 0.706. The molecule has 0 aliphatic carbocycles. The van der Waals surface area contributed by atoms with Crippen molar-refractivity contribution < 1.29 is 17.6 Å². The number of rotatable bonds is 3. The second kappa shape index (κ2) is 6.07. The molecule has 0 radical (unpaired) electrons. The van der Waals surface area contributed by atoms with Crippen molar-refractivity contribution in [2.45, 2.75) is 11.8 Å². The molecule has 124 valence electrons. The Bertz CT molecular complexity index is 1050. The maximum atomic E-state index is 12.5. The molecule has 0 fully saturated rings. The summed E-state index contributed by atoms with van der Waals surface area (Å²) in [6.45, 7) is 1.81. The molecule has 0 bridgehead atoms. The Morgan fingerprint density at radius 3 is 2.62 bits per heavy atom. The summed E-state index contributed by atoms with van der Waals surface area (Å²) >= 11 is 3.39. The van der Waals surface area contributed by atoms with Gasteiger partial charge < -0.3 is 9.73 Å². The second-order valence-electron chi connectivity index (χ2n) is 5.45. The van der Waals surface area contributed by atoms with Crippen LogP contribution in [0.25, 0.3) is 11.0 Å². The van der Waals surface area contributed by atoms with Crippen LogP contribution in [0.4, 0.5) is 5.69 Å². The number of carbonyl (C=O) groups is 1. The van der Waals surface area contributed by atoms with Crippen LogP contribution in [0.2, 0.25) is 0 Å². The molecule has 5 nitrogen and oxygen atoms in total. The normalized spacial score (nSPS) is 11.6. The lowest BCUT2D eigenvalue weighted by Gasteiger charge is -2.05. The first-order chi connectivity index (χ1) is 11.3. The van der Waals surface area contributed by atoms with Gasteiger partial charge in [-0.3, -0.25) is 4.79 Å². The molecule has 1 amide bonds. The summed E-state index contributed by atoms with van der Waals surface area (Å²) in [7, 11) is -3.34. The zero-order valence-electron chi connectivity index (χ0n) is 13.0. The molecule has 0 aliphatic rings. The molecule has 1 heterocycles. The molecule has 0 unspecified atom stereocenters. The first-order valence-corrected chi connectivity index (χ1v) is 9.74. The van der Waals surface area contributed by atoms with E-state index in [1.54, 1.807) is 25.1 Å². The Labute approximate surface area is 147 Å². The van der Waals surface area contributed by atoms with E-state index < -0.39 is 15.7 Å². The summed E-state index contributed by atoms with van der Waals surface area (Å²) < 4.78 is 29.7. The minimum atomic E-state index is -3.34. The lowest BCUT2D eigenvalue weighted by Crippen LogP contribution is -2.12. The molecule has 7 heteroatoms. The van der Waals surface area contributed by atoms with E-state index >= 15 is 0 Å². The topological polar surface area (TPSA) is 76.4 Å². The Morgan fingerprint density at radius 2 is 1.92 bits per heavy atom. The number of carbonyl (C=O) groups excluding carboxylic acids is 1. The highest BCUT2D eigenvalue weighted by Gasteiger charge is 2.18. The maximum Gasteiger partial charge on any atom is 0.291 e. The van der Waals surface area contributed by atoms with Crippen LogP contribution in [-0.4, -0.2) is 20.6 Å². The zero-order chi connectivity index (χ0) is 17.5. The number of nitrogens with one attached hydrogen (secondary N) is 1. The second-order valence-corrected chi connectivity index (χ2v) is 8.38. The van der Waals surface area contributed by atoms with Gasteiger partial charge in [0.05, 0.1) is 4.90 Å². The summed E-state index contributed by atoms with van der Waals surface area (Å²) in [5.74, 6) is -0.224. The van der Waals surface area contributed by atoms with Crippen LogP contribution in [-0.2, 0) is 9.84 Å². The lowest BCUT2D eigenvalue weighted by atomic mass is 10.1. The van der Waals surface area contributed by atoms with Gasteiger partial charge in [0.1, 0.15) is 5.58 Å². The molecular weight excluding hydrogens is 394 g/mol.